The van der Waals surface area contributed by atoms with Gasteiger partial charge < -0.3 is 10.1 Å². The second-order valence-electron chi connectivity index (χ2n) is 16.9. The third-order valence-electron chi connectivity index (χ3n) is 10.8. The molecule has 370 valence electrons. The molecule has 0 aromatic heterocycles. The molecule has 66 heavy (non-hydrogen) atoms. The fourth-order valence-electron chi connectivity index (χ4n) is 7.90. The van der Waals surface area contributed by atoms with E-state index in [2.05, 4.69) is 21.2 Å². The number of fused-ring (bicyclic) bond motifs is 1. The average Bonchev–Trinajstić information content (AvgIpc) is 3.61. The molecule has 27 heteroatoms. The number of ether oxygens (including phenoxy) is 1. The number of alkyl halides is 17. The molecule has 8 nitrogen and oxygen atoms in total. The quantitative estimate of drug-likeness (QED) is 0.0830. The fourth-order valence-corrected chi connectivity index (χ4v) is 8.35. The topological polar surface area (TPSA) is 96.0 Å². The van der Waals surface area contributed by atoms with Crippen LogP contribution in [0.2, 0.25) is 5.02 Å². The van der Waals surface area contributed by atoms with Gasteiger partial charge in [0.1, 0.15) is 0 Å². The molecular weight excluding hydrogens is 1030 g/mol. The van der Waals surface area contributed by atoms with Crippen LogP contribution in [0.15, 0.2) is 53.0 Å². The van der Waals surface area contributed by atoms with Crippen molar-refractivity contribution in [3.63, 3.8) is 0 Å². The molecule has 2 aliphatic rings. The molecule has 2 saturated heterocycles. The minimum absolute atomic E-state index is 0.0269. The molecular formula is C39H36BrClF17N3O5. The van der Waals surface area contributed by atoms with Crippen molar-refractivity contribution in [2.24, 2.45) is 17.8 Å². The zero-order valence-corrected chi connectivity index (χ0v) is 36.7. The van der Waals surface area contributed by atoms with Crippen molar-refractivity contribution in [3.8, 4) is 0 Å². The van der Waals surface area contributed by atoms with Crippen LogP contribution < -0.4 is 5.32 Å². The molecule has 2 aromatic carbocycles. The number of anilines is 1. The molecule has 2 aliphatic heterocycles. The van der Waals surface area contributed by atoms with E-state index in [1.165, 1.54) is 83.1 Å². The van der Waals surface area contributed by atoms with Gasteiger partial charge in [-0.05, 0) is 75.4 Å². The van der Waals surface area contributed by atoms with E-state index >= 15 is 0 Å². The Labute approximate surface area is 376 Å². The first-order valence-electron chi connectivity index (χ1n) is 19.0. The Hall–Kier alpha value is -4.10. The van der Waals surface area contributed by atoms with E-state index in [1.807, 2.05) is 0 Å². The normalized spacial score (nSPS) is 21.7. The second-order valence-corrected chi connectivity index (χ2v) is 18.3. The molecule has 4 rings (SSSR count). The van der Waals surface area contributed by atoms with E-state index < -0.39 is 132 Å². The molecule has 0 unspecified atom stereocenters. The number of halogens is 19. The summed E-state index contributed by atoms with van der Waals surface area (Å²) in [4.78, 5) is 59.8. The van der Waals surface area contributed by atoms with Crippen molar-refractivity contribution in [2.75, 3.05) is 11.9 Å². The van der Waals surface area contributed by atoms with Crippen LogP contribution in [0.4, 0.5) is 85.1 Å². The number of amides is 4. The Morgan fingerprint density at radius 3 is 1.73 bits per heavy atom. The van der Waals surface area contributed by atoms with E-state index in [-0.39, 0.29) is 16.3 Å². The summed E-state index contributed by atoms with van der Waals surface area (Å²) in [5.74, 6) is -65.8. The number of likely N-dealkylation sites (tertiary alicyclic amines) is 2. The Kier molecular flexibility index (Phi) is 14.4. The fraction of sp³-hybridized carbons (Fsp3) is 0.590. The maximum absolute atomic E-state index is 14.9. The van der Waals surface area contributed by atoms with Crippen LogP contribution in [0.1, 0.15) is 65.5 Å². The van der Waals surface area contributed by atoms with Crippen LogP contribution in [0, 0.1) is 17.8 Å². The molecule has 0 saturated carbocycles. The number of urea groups is 1. The highest BCUT2D eigenvalue weighted by atomic mass is 79.9. The van der Waals surface area contributed by atoms with Gasteiger partial charge in [0.25, 0.3) is 0 Å². The predicted octanol–water partition coefficient (Wildman–Crippen LogP) is 12.2. The number of hydrogen-bond acceptors (Lipinski definition) is 5. The van der Waals surface area contributed by atoms with Gasteiger partial charge >= 0.3 is 59.6 Å². The molecule has 2 aromatic rings. The molecule has 2 fully saturated rings. The summed E-state index contributed by atoms with van der Waals surface area (Å²) in [5, 5.41) is 2.56. The van der Waals surface area contributed by atoms with Crippen LogP contribution in [-0.4, -0.2) is 98.9 Å². The van der Waals surface area contributed by atoms with Gasteiger partial charge in [0.2, 0.25) is 11.8 Å². The average molecular weight is 1070 g/mol. The summed E-state index contributed by atoms with van der Waals surface area (Å²) in [6, 6.07) is 8.30. The first kappa shape index (κ1) is 54.5. The molecule has 0 bridgehead atoms. The number of nitrogens with zero attached hydrogens (tertiary/aromatic N) is 2. The summed E-state index contributed by atoms with van der Waals surface area (Å²) < 4.78 is 242. The highest BCUT2D eigenvalue weighted by molar-refractivity contribution is 9.10. The molecule has 0 radical (unpaired) electrons. The SMILES string of the molecule is CC(C)C[C@]1(C(=O)OCCCC(F)(F)C(F)(F)C(F)(F)C(F)(F)C(F)(F)C(F)(F)C(F)(F)C(F)(F)F)[C@H]2C(=O)N(C(C)(C)C)C(=O)[C@H]2[C@@H](c2ccc(Br)cc2)N1C(=O)Nc1cccc(Cl)c1. The lowest BCUT2D eigenvalue weighted by molar-refractivity contribution is -0.461. The third-order valence-corrected chi connectivity index (χ3v) is 11.6. The minimum atomic E-state index is -8.80. The van der Waals surface area contributed by atoms with Gasteiger partial charge in [0.05, 0.1) is 24.5 Å². The van der Waals surface area contributed by atoms with Crippen LogP contribution in [-0.2, 0) is 19.1 Å². The van der Waals surface area contributed by atoms with Gasteiger partial charge in [-0.25, -0.2) is 9.59 Å². The Balaban J connectivity index is 1.78. The predicted molar refractivity (Wildman–Crippen MR) is 201 cm³/mol. The lowest BCUT2D eigenvalue weighted by Crippen LogP contribution is -2.74. The molecule has 4 atom stereocenters. The highest BCUT2D eigenvalue weighted by Crippen LogP contribution is 2.65. The minimum Gasteiger partial charge on any atom is -0.464 e. The smallest absolute Gasteiger partial charge is 0.460 e. The number of nitrogens with one attached hydrogen (secondary N) is 1. The van der Waals surface area contributed by atoms with Crippen LogP contribution >= 0.6 is 27.5 Å². The van der Waals surface area contributed by atoms with E-state index in [1.54, 1.807) is 0 Å². The van der Waals surface area contributed by atoms with Gasteiger partial charge in [0.15, 0.2) is 5.54 Å². The third kappa shape index (κ3) is 8.55. The first-order chi connectivity index (χ1) is 29.6. The standard InChI is InChI=1S/C39H36BrClF17N3O5/c1-18(2)17-31(28(64)66-15-7-14-32(42,43)33(44,45)34(46,47)35(48,49)36(50,51)37(52,53)38(54,55)39(56,57)58)24-23(26(62)61(27(24)63)30(3,4)5)25(19-10-12-20(40)13-11-19)60(31)29(65)59-22-9-6-8-21(41)16-22/h6,8-13,16,18,23-25H,7,14-15,17H2,1-5H3,(H,59,65)/t23-,24-,25-,31-/m1/s1. The second kappa shape index (κ2) is 17.5. The van der Waals surface area contributed by atoms with Crippen molar-refractivity contribution in [2.45, 2.75) is 119 Å². The van der Waals surface area contributed by atoms with Gasteiger partial charge in [-0.3, -0.25) is 19.4 Å². The molecule has 0 aliphatic carbocycles. The van der Waals surface area contributed by atoms with Crippen LogP contribution in [0.3, 0.4) is 0 Å². The van der Waals surface area contributed by atoms with Gasteiger partial charge in [-0.15, -0.1) is 0 Å². The van der Waals surface area contributed by atoms with E-state index in [0.717, 1.165) is 9.80 Å². The largest absolute Gasteiger partial charge is 0.464 e. The maximum Gasteiger partial charge on any atom is 0.460 e. The van der Waals surface area contributed by atoms with Crippen LogP contribution in [0.25, 0.3) is 0 Å². The van der Waals surface area contributed by atoms with Crippen molar-refractivity contribution in [3.05, 3.63) is 63.6 Å². The van der Waals surface area contributed by atoms with Crippen molar-refractivity contribution in [1.29, 1.82) is 0 Å². The maximum atomic E-state index is 14.9. The Morgan fingerprint density at radius 1 is 0.758 bits per heavy atom. The first-order valence-corrected chi connectivity index (χ1v) is 20.2. The number of benzene rings is 2. The summed E-state index contributed by atoms with van der Waals surface area (Å²) in [6.07, 6.45) is -13.3. The van der Waals surface area contributed by atoms with Gasteiger partial charge in [-0.1, -0.05) is 59.6 Å². The monoisotopic (exact) mass is 1060 g/mol. The number of rotatable bonds is 15. The Morgan fingerprint density at radius 2 is 1.26 bits per heavy atom. The van der Waals surface area contributed by atoms with E-state index in [9.17, 15) is 93.8 Å². The summed E-state index contributed by atoms with van der Waals surface area (Å²) in [7, 11) is 0. The lowest BCUT2D eigenvalue weighted by atomic mass is 9.75. The van der Waals surface area contributed by atoms with Crippen molar-refractivity contribution >= 4 is 57.0 Å². The molecule has 2 heterocycles. The lowest BCUT2D eigenvalue weighted by Gasteiger charge is -2.43. The van der Waals surface area contributed by atoms with Crippen molar-refractivity contribution in [1.82, 2.24) is 9.80 Å². The highest BCUT2D eigenvalue weighted by Gasteiger charge is 2.95. The summed E-state index contributed by atoms with van der Waals surface area (Å²) in [6.45, 7) is 5.55. The molecule has 1 N–H and O–H groups in total. The zero-order valence-electron chi connectivity index (χ0n) is 34.4. The summed E-state index contributed by atoms with van der Waals surface area (Å²) in [5.41, 5.74) is -3.90. The number of carbonyl (C=O) groups is 4. The van der Waals surface area contributed by atoms with Gasteiger partial charge in [-0.2, -0.15) is 74.6 Å². The number of esters is 1. The zero-order chi connectivity index (χ0) is 51.0. The van der Waals surface area contributed by atoms with Crippen LogP contribution in [0.5, 0.6) is 0 Å². The molecule has 4 amide bonds. The van der Waals surface area contributed by atoms with E-state index in [0.29, 0.717) is 4.47 Å². The Bertz CT molecular complexity index is 2190. The molecule has 0 spiro atoms. The number of hydrogen-bond donors (Lipinski definition) is 1. The number of imide groups is 1. The number of carbonyl (C=O) groups excluding carboxylic acids is 4. The van der Waals surface area contributed by atoms with Crippen molar-refractivity contribution < 1.29 is 98.6 Å². The van der Waals surface area contributed by atoms with Gasteiger partial charge in [0, 0.05) is 27.1 Å². The van der Waals surface area contributed by atoms with E-state index in [4.69, 9.17) is 16.3 Å². The summed E-state index contributed by atoms with van der Waals surface area (Å²) >= 11 is 9.32.